The molecule has 0 aliphatic rings. The SMILES string of the molecule is CCCCCCCCCCCC(CCCCCCCC)CCCCCCCC. The lowest BCUT2D eigenvalue weighted by atomic mass is 9.89. The van der Waals surface area contributed by atoms with Crippen LogP contribution in [0.1, 0.15) is 175 Å². The molecule has 0 heterocycles. The summed E-state index contributed by atoms with van der Waals surface area (Å²) in [6, 6.07) is 0. The maximum Gasteiger partial charge on any atom is -0.0414 e. The van der Waals surface area contributed by atoms with Gasteiger partial charge in [-0.3, -0.25) is 0 Å². The second kappa shape index (κ2) is 25.0. The summed E-state index contributed by atoms with van der Waals surface area (Å²) in [5.41, 5.74) is 0. The van der Waals surface area contributed by atoms with Crippen molar-refractivity contribution in [1.29, 1.82) is 0 Å². The van der Waals surface area contributed by atoms with Gasteiger partial charge in [-0.1, -0.05) is 175 Å². The van der Waals surface area contributed by atoms with Gasteiger partial charge >= 0.3 is 0 Å². The molecule has 0 atom stereocenters. The van der Waals surface area contributed by atoms with Gasteiger partial charge in [0.2, 0.25) is 0 Å². The number of rotatable bonds is 24. The maximum atomic E-state index is 2.32. The van der Waals surface area contributed by atoms with Gasteiger partial charge in [0.15, 0.2) is 0 Å². The molecule has 0 saturated carbocycles. The molecule has 0 nitrogen and oxygen atoms in total. The molecule has 0 N–H and O–H groups in total. The van der Waals surface area contributed by atoms with Gasteiger partial charge in [-0.2, -0.15) is 0 Å². The van der Waals surface area contributed by atoms with E-state index in [2.05, 4.69) is 20.8 Å². The fourth-order valence-electron chi connectivity index (χ4n) is 4.60. The molecular formula is C28H58. The van der Waals surface area contributed by atoms with Gasteiger partial charge in [0.05, 0.1) is 0 Å². The molecule has 170 valence electrons. The third kappa shape index (κ3) is 22.3. The highest BCUT2D eigenvalue weighted by molar-refractivity contribution is 4.62. The Morgan fingerprint density at radius 1 is 0.286 bits per heavy atom. The molecule has 0 fully saturated rings. The van der Waals surface area contributed by atoms with Crippen LogP contribution in [0.2, 0.25) is 0 Å². The van der Waals surface area contributed by atoms with Crippen LogP contribution in [-0.2, 0) is 0 Å². The second-order valence-electron chi connectivity index (χ2n) is 9.60. The van der Waals surface area contributed by atoms with Crippen molar-refractivity contribution in [2.24, 2.45) is 5.92 Å². The molecule has 0 aromatic heterocycles. The summed E-state index contributed by atoms with van der Waals surface area (Å²) in [4.78, 5) is 0. The molecule has 0 aromatic rings. The Morgan fingerprint density at radius 2 is 0.500 bits per heavy atom. The summed E-state index contributed by atoms with van der Waals surface area (Å²) in [7, 11) is 0. The van der Waals surface area contributed by atoms with Crippen LogP contribution in [-0.4, -0.2) is 0 Å². The van der Waals surface area contributed by atoms with Crippen molar-refractivity contribution in [2.45, 2.75) is 175 Å². The fraction of sp³-hybridized carbons (Fsp3) is 1.00. The highest BCUT2D eigenvalue weighted by Gasteiger charge is 2.08. The Labute approximate surface area is 181 Å². The Kier molecular flexibility index (Phi) is 25.0. The van der Waals surface area contributed by atoms with Crippen molar-refractivity contribution in [1.82, 2.24) is 0 Å². The number of unbranched alkanes of at least 4 members (excludes halogenated alkanes) is 18. The van der Waals surface area contributed by atoms with E-state index >= 15 is 0 Å². The van der Waals surface area contributed by atoms with Crippen LogP contribution in [0.15, 0.2) is 0 Å². The van der Waals surface area contributed by atoms with Crippen molar-refractivity contribution in [2.75, 3.05) is 0 Å². The first kappa shape index (κ1) is 28.0. The third-order valence-corrected chi connectivity index (χ3v) is 6.65. The molecule has 0 aliphatic carbocycles. The zero-order chi connectivity index (χ0) is 20.5. The van der Waals surface area contributed by atoms with E-state index in [9.17, 15) is 0 Å². The maximum absolute atomic E-state index is 2.32. The first-order valence-corrected chi connectivity index (χ1v) is 13.8. The van der Waals surface area contributed by atoms with E-state index in [1.54, 1.807) is 0 Å². The average Bonchev–Trinajstić information content (AvgIpc) is 2.71. The standard InChI is InChI=1S/C28H58/c1-4-7-10-13-16-17-18-21-24-27-28(25-22-19-14-11-8-5-2)26-23-20-15-12-9-6-3/h28H,4-27H2,1-3H3. The molecule has 0 radical (unpaired) electrons. The zero-order valence-corrected chi connectivity index (χ0v) is 20.5. The monoisotopic (exact) mass is 394 g/mol. The molecule has 28 heavy (non-hydrogen) atoms. The topological polar surface area (TPSA) is 0 Å². The van der Waals surface area contributed by atoms with Crippen molar-refractivity contribution in [3.8, 4) is 0 Å². The van der Waals surface area contributed by atoms with Crippen molar-refractivity contribution < 1.29 is 0 Å². The van der Waals surface area contributed by atoms with E-state index in [0.29, 0.717) is 0 Å². The Bertz CT molecular complexity index is 241. The van der Waals surface area contributed by atoms with E-state index in [1.165, 1.54) is 154 Å². The molecule has 0 aromatic carbocycles. The summed E-state index contributed by atoms with van der Waals surface area (Å²) in [5.74, 6) is 1.04. The first-order chi connectivity index (χ1) is 13.8. The van der Waals surface area contributed by atoms with Gasteiger partial charge in [0, 0.05) is 0 Å². The lowest BCUT2D eigenvalue weighted by molar-refractivity contribution is 0.365. The van der Waals surface area contributed by atoms with Crippen molar-refractivity contribution in [3.63, 3.8) is 0 Å². The minimum atomic E-state index is 1.04. The molecule has 0 unspecified atom stereocenters. The van der Waals surface area contributed by atoms with Gasteiger partial charge < -0.3 is 0 Å². The number of hydrogen-bond donors (Lipinski definition) is 0. The number of hydrogen-bond acceptors (Lipinski definition) is 0. The quantitative estimate of drug-likeness (QED) is 0.143. The van der Waals surface area contributed by atoms with Crippen LogP contribution in [0, 0.1) is 5.92 Å². The molecule has 0 aliphatic heterocycles. The largest absolute Gasteiger partial charge is 0.0654 e. The van der Waals surface area contributed by atoms with Crippen LogP contribution in [0.3, 0.4) is 0 Å². The van der Waals surface area contributed by atoms with Gasteiger partial charge in [-0.05, 0) is 5.92 Å². The molecule has 0 saturated heterocycles. The summed E-state index contributed by atoms with van der Waals surface area (Å²) in [6.07, 6.45) is 35.3. The van der Waals surface area contributed by atoms with E-state index in [0.717, 1.165) is 5.92 Å². The minimum absolute atomic E-state index is 1.04. The summed E-state index contributed by atoms with van der Waals surface area (Å²) < 4.78 is 0. The first-order valence-electron chi connectivity index (χ1n) is 13.8. The van der Waals surface area contributed by atoms with Gasteiger partial charge in [0.25, 0.3) is 0 Å². The minimum Gasteiger partial charge on any atom is -0.0654 e. The zero-order valence-electron chi connectivity index (χ0n) is 20.5. The van der Waals surface area contributed by atoms with E-state index in [1.807, 2.05) is 0 Å². The smallest absolute Gasteiger partial charge is 0.0414 e. The Balaban J connectivity index is 3.76. The highest BCUT2D eigenvalue weighted by Crippen LogP contribution is 2.24. The Hall–Kier alpha value is 0. The second-order valence-corrected chi connectivity index (χ2v) is 9.60. The molecule has 0 amide bonds. The van der Waals surface area contributed by atoms with E-state index < -0.39 is 0 Å². The van der Waals surface area contributed by atoms with E-state index in [4.69, 9.17) is 0 Å². The van der Waals surface area contributed by atoms with Crippen LogP contribution in [0.4, 0.5) is 0 Å². The molecule has 0 rings (SSSR count). The van der Waals surface area contributed by atoms with Gasteiger partial charge in [0.1, 0.15) is 0 Å². The average molecular weight is 395 g/mol. The summed E-state index contributed by atoms with van der Waals surface area (Å²) in [6.45, 7) is 6.95. The molecule has 0 spiro atoms. The molecule has 0 bridgehead atoms. The highest BCUT2D eigenvalue weighted by atomic mass is 14.1. The lowest BCUT2D eigenvalue weighted by Gasteiger charge is -2.17. The predicted octanol–water partition coefficient (Wildman–Crippen LogP) is 11.0. The summed E-state index contributed by atoms with van der Waals surface area (Å²) >= 11 is 0. The predicted molar refractivity (Wildman–Crippen MR) is 131 cm³/mol. The molecular weight excluding hydrogens is 336 g/mol. The normalized spacial score (nSPS) is 11.6. The van der Waals surface area contributed by atoms with Gasteiger partial charge in [-0.15, -0.1) is 0 Å². The van der Waals surface area contributed by atoms with Crippen molar-refractivity contribution in [3.05, 3.63) is 0 Å². The molecule has 0 heteroatoms. The lowest BCUT2D eigenvalue weighted by Crippen LogP contribution is -2.01. The summed E-state index contributed by atoms with van der Waals surface area (Å²) in [5, 5.41) is 0. The van der Waals surface area contributed by atoms with Gasteiger partial charge in [-0.25, -0.2) is 0 Å². The van der Waals surface area contributed by atoms with Crippen molar-refractivity contribution >= 4 is 0 Å². The van der Waals surface area contributed by atoms with E-state index in [-0.39, 0.29) is 0 Å². The Morgan fingerprint density at radius 3 is 0.750 bits per heavy atom. The van der Waals surface area contributed by atoms with Crippen LogP contribution in [0.25, 0.3) is 0 Å². The van der Waals surface area contributed by atoms with Crippen LogP contribution < -0.4 is 0 Å². The van der Waals surface area contributed by atoms with Crippen LogP contribution >= 0.6 is 0 Å². The third-order valence-electron chi connectivity index (χ3n) is 6.65. The van der Waals surface area contributed by atoms with Crippen LogP contribution in [0.5, 0.6) is 0 Å². The fourth-order valence-corrected chi connectivity index (χ4v) is 4.60.